The van der Waals surface area contributed by atoms with Gasteiger partial charge < -0.3 is 0 Å². The van der Waals surface area contributed by atoms with Crippen molar-refractivity contribution in [3.8, 4) is 0 Å². The van der Waals surface area contributed by atoms with Gasteiger partial charge in [-0.05, 0) is 37.0 Å². The first-order valence-electron chi connectivity index (χ1n) is 5.80. The molecule has 0 bridgehead atoms. The van der Waals surface area contributed by atoms with Crippen LogP contribution in [0.4, 0.5) is 0 Å². The Morgan fingerprint density at radius 3 is 1.31 bits per heavy atom. The summed E-state index contributed by atoms with van der Waals surface area (Å²) in [4.78, 5) is 0. The third-order valence-corrected chi connectivity index (χ3v) is 2.66. The minimum absolute atomic E-state index is 1.15. The molecule has 2 rings (SSSR count). The Hall–Kier alpha value is -1.56. The monoisotopic (exact) mass is 212 g/mol. The predicted octanol–water partition coefficient (Wildman–Crippen LogP) is 4.55. The van der Waals surface area contributed by atoms with Crippen LogP contribution in [0, 0.1) is 13.8 Å². The lowest BCUT2D eigenvalue weighted by Crippen LogP contribution is -1.89. The highest BCUT2D eigenvalue weighted by Crippen LogP contribution is 2.12. The molecule has 16 heavy (non-hydrogen) atoms. The molecule has 0 heterocycles. The van der Waals surface area contributed by atoms with Crippen LogP contribution in [0.3, 0.4) is 0 Å². The van der Waals surface area contributed by atoms with E-state index in [9.17, 15) is 0 Å². The molecular weight excluding hydrogens is 192 g/mol. The summed E-state index contributed by atoms with van der Waals surface area (Å²) in [5, 5.41) is 0. The number of hydrogen-bond donors (Lipinski definition) is 0. The van der Waals surface area contributed by atoms with E-state index in [0.717, 1.165) is 6.42 Å². The van der Waals surface area contributed by atoms with Crippen molar-refractivity contribution in [3.05, 3.63) is 71.3 Å². The first kappa shape index (κ1) is 12.5. The Kier molecular flexibility index (Phi) is 5.35. The van der Waals surface area contributed by atoms with Gasteiger partial charge in [0.25, 0.3) is 0 Å². The molecule has 0 spiro atoms. The van der Waals surface area contributed by atoms with Gasteiger partial charge in [-0.1, -0.05) is 61.5 Å². The number of benzene rings is 2. The van der Waals surface area contributed by atoms with E-state index in [1.807, 2.05) is 36.4 Å². The Bertz CT molecular complexity index is 355. The van der Waals surface area contributed by atoms with Crippen molar-refractivity contribution >= 4 is 0 Å². The second-order valence-corrected chi connectivity index (χ2v) is 3.88. The Morgan fingerprint density at radius 2 is 1.06 bits per heavy atom. The van der Waals surface area contributed by atoms with Gasteiger partial charge in [-0.25, -0.2) is 0 Å². The molecule has 0 aliphatic heterocycles. The second-order valence-electron chi connectivity index (χ2n) is 3.88. The van der Waals surface area contributed by atoms with Gasteiger partial charge in [-0.3, -0.25) is 0 Å². The van der Waals surface area contributed by atoms with Crippen molar-refractivity contribution in [2.45, 2.75) is 27.2 Å². The fraction of sp³-hybridized carbons (Fsp3) is 0.250. The maximum Gasteiger partial charge on any atom is -0.0302 e. The summed E-state index contributed by atoms with van der Waals surface area (Å²) in [6, 6.07) is 18.5. The molecule has 2 aromatic carbocycles. The van der Waals surface area contributed by atoms with Gasteiger partial charge >= 0.3 is 0 Å². The highest BCUT2D eigenvalue weighted by atomic mass is 14.0. The zero-order valence-electron chi connectivity index (χ0n) is 10.4. The number of rotatable bonds is 1. The van der Waals surface area contributed by atoms with Gasteiger partial charge in [-0.2, -0.15) is 0 Å². The fourth-order valence-corrected chi connectivity index (χ4v) is 1.79. The van der Waals surface area contributed by atoms with Crippen molar-refractivity contribution in [2.75, 3.05) is 0 Å². The molecule has 2 aromatic rings. The Balaban J connectivity index is 0.000000181. The van der Waals surface area contributed by atoms with Crippen LogP contribution in [0.15, 0.2) is 54.6 Å². The molecule has 0 aliphatic rings. The quantitative estimate of drug-likeness (QED) is 0.650. The van der Waals surface area contributed by atoms with Crippen LogP contribution in [0.1, 0.15) is 23.6 Å². The van der Waals surface area contributed by atoms with Crippen molar-refractivity contribution in [1.82, 2.24) is 0 Å². The standard InChI is InChI=1S/C10H14.C6H6/c1-4-10-8(2)6-5-7-9(10)3;1-2-4-6-5-3-1/h5-7H,4H2,1-3H3;1-6H. The maximum atomic E-state index is 2.20. The van der Waals surface area contributed by atoms with Crippen molar-refractivity contribution in [2.24, 2.45) is 0 Å². The summed E-state index contributed by atoms with van der Waals surface area (Å²) in [5.74, 6) is 0. The molecule has 0 aromatic heterocycles. The Labute approximate surface area is 99.0 Å². The largest absolute Gasteiger partial charge is 0.0623 e. The van der Waals surface area contributed by atoms with E-state index in [2.05, 4.69) is 39.0 Å². The molecule has 0 nitrogen and oxygen atoms in total. The fourth-order valence-electron chi connectivity index (χ4n) is 1.79. The summed E-state index contributed by atoms with van der Waals surface area (Å²) >= 11 is 0. The summed E-state index contributed by atoms with van der Waals surface area (Å²) in [5.41, 5.74) is 4.34. The van der Waals surface area contributed by atoms with Crippen LogP contribution in [0.2, 0.25) is 0 Å². The minimum Gasteiger partial charge on any atom is -0.0623 e. The van der Waals surface area contributed by atoms with Crippen molar-refractivity contribution in [1.29, 1.82) is 0 Å². The van der Waals surface area contributed by atoms with E-state index >= 15 is 0 Å². The first-order valence-corrected chi connectivity index (χ1v) is 5.80. The van der Waals surface area contributed by atoms with Gasteiger partial charge in [0.05, 0.1) is 0 Å². The highest BCUT2D eigenvalue weighted by molar-refractivity contribution is 5.33. The molecule has 0 saturated carbocycles. The molecule has 0 unspecified atom stereocenters. The predicted molar refractivity (Wildman–Crippen MR) is 71.7 cm³/mol. The van der Waals surface area contributed by atoms with E-state index in [1.54, 1.807) is 0 Å². The van der Waals surface area contributed by atoms with Crippen LogP contribution in [-0.2, 0) is 6.42 Å². The SMILES string of the molecule is CCc1c(C)cccc1C.c1ccccc1. The van der Waals surface area contributed by atoms with E-state index in [4.69, 9.17) is 0 Å². The van der Waals surface area contributed by atoms with Crippen LogP contribution in [-0.4, -0.2) is 0 Å². The summed E-state index contributed by atoms with van der Waals surface area (Å²) < 4.78 is 0. The molecule has 0 N–H and O–H groups in total. The normalized spacial score (nSPS) is 9.19. The molecule has 0 heteroatoms. The highest BCUT2D eigenvalue weighted by Gasteiger charge is 1.96. The average molecular weight is 212 g/mol. The summed E-state index contributed by atoms with van der Waals surface area (Å²) in [6.07, 6.45) is 1.15. The van der Waals surface area contributed by atoms with E-state index < -0.39 is 0 Å². The van der Waals surface area contributed by atoms with Gasteiger partial charge in [0.2, 0.25) is 0 Å². The average Bonchev–Trinajstić information content (AvgIpc) is 2.32. The topological polar surface area (TPSA) is 0 Å². The van der Waals surface area contributed by atoms with Crippen molar-refractivity contribution in [3.63, 3.8) is 0 Å². The lowest BCUT2D eigenvalue weighted by Gasteiger charge is -2.04. The lowest BCUT2D eigenvalue weighted by molar-refractivity contribution is 1.08. The van der Waals surface area contributed by atoms with Gasteiger partial charge in [-0.15, -0.1) is 0 Å². The molecule has 84 valence electrons. The van der Waals surface area contributed by atoms with Crippen molar-refractivity contribution < 1.29 is 0 Å². The third-order valence-electron chi connectivity index (χ3n) is 2.66. The molecule has 0 radical (unpaired) electrons. The molecular formula is C16H20. The molecule has 0 amide bonds. The summed E-state index contributed by atoms with van der Waals surface area (Å²) in [6.45, 7) is 6.55. The van der Waals surface area contributed by atoms with Gasteiger partial charge in [0.1, 0.15) is 0 Å². The smallest absolute Gasteiger partial charge is 0.0302 e. The van der Waals surface area contributed by atoms with Crippen LogP contribution < -0.4 is 0 Å². The van der Waals surface area contributed by atoms with Gasteiger partial charge in [0, 0.05) is 0 Å². The third kappa shape index (κ3) is 3.90. The molecule has 0 aliphatic carbocycles. The number of hydrogen-bond acceptors (Lipinski definition) is 0. The molecule has 0 saturated heterocycles. The molecule has 0 atom stereocenters. The van der Waals surface area contributed by atoms with Crippen LogP contribution in [0.5, 0.6) is 0 Å². The zero-order valence-corrected chi connectivity index (χ0v) is 10.4. The lowest BCUT2D eigenvalue weighted by atomic mass is 10.0. The van der Waals surface area contributed by atoms with Crippen LogP contribution >= 0.6 is 0 Å². The maximum absolute atomic E-state index is 2.20. The first-order chi connectivity index (χ1) is 7.75. The van der Waals surface area contributed by atoms with E-state index in [-0.39, 0.29) is 0 Å². The van der Waals surface area contributed by atoms with E-state index in [1.165, 1.54) is 16.7 Å². The van der Waals surface area contributed by atoms with Gasteiger partial charge in [0.15, 0.2) is 0 Å². The summed E-state index contributed by atoms with van der Waals surface area (Å²) in [7, 11) is 0. The minimum atomic E-state index is 1.15. The van der Waals surface area contributed by atoms with Crippen LogP contribution in [0.25, 0.3) is 0 Å². The van der Waals surface area contributed by atoms with E-state index in [0.29, 0.717) is 0 Å². The Morgan fingerprint density at radius 1 is 0.688 bits per heavy atom. The zero-order chi connectivity index (χ0) is 11.8. The number of aryl methyl sites for hydroxylation is 2. The molecule has 0 fully saturated rings. The second kappa shape index (κ2) is 6.84.